The van der Waals surface area contributed by atoms with Crippen molar-refractivity contribution in [2.45, 2.75) is 32.1 Å². The molecule has 0 amide bonds. The van der Waals surface area contributed by atoms with Gasteiger partial charge in [-0.3, -0.25) is 9.80 Å². The van der Waals surface area contributed by atoms with Crippen molar-refractivity contribution in [3.05, 3.63) is 0 Å². The minimum atomic E-state index is 0.318. The van der Waals surface area contributed by atoms with E-state index < -0.39 is 0 Å². The number of morpholine rings is 2. The van der Waals surface area contributed by atoms with Crippen LogP contribution in [-0.2, 0) is 9.47 Å². The van der Waals surface area contributed by atoms with E-state index in [1.54, 1.807) is 0 Å². The van der Waals surface area contributed by atoms with Gasteiger partial charge in [-0.05, 0) is 64.8 Å². The number of rotatable bonds is 13. The maximum atomic E-state index is 9.03. The Hall–Kier alpha value is -0.240. The lowest BCUT2D eigenvalue weighted by Gasteiger charge is -2.29. The molecule has 0 aromatic carbocycles. The number of unbranched alkanes of at least 4 members (excludes halogenated alkanes) is 2. The smallest absolute Gasteiger partial charge is 0.0594 e. The van der Waals surface area contributed by atoms with Crippen molar-refractivity contribution in [1.29, 1.82) is 0 Å². The molecule has 0 radical (unpaired) electrons. The highest BCUT2D eigenvalue weighted by atomic mass is 16.5. The number of hydrogen-bond donors (Lipinski definition) is 1. The van der Waals surface area contributed by atoms with Crippen LogP contribution in [0.3, 0.4) is 0 Å². The van der Waals surface area contributed by atoms with Crippen LogP contribution in [0.1, 0.15) is 32.1 Å². The third-order valence-electron chi connectivity index (χ3n) is 5.24. The molecule has 2 aliphatic rings. The Balaban J connectivity index is 1.56. The fourth-order valence-electron chi connectivity index (χ4n) is 3.62. The van der Waals surface area contributed by atoms with Gasteiger partial charge in [-0.2, -0.15) is 0 Å². The van der Waals surface area contributed by atoms with E-state index >= 15 is 0 Å². The molecule has 2 aliphatic heterocycles. The zero-order valence-electron chi connectivity index (χ0n) is 16.0. The first kappa shape index (κ1) is 21.1. The molecule has 1 N–H and O–H groups in total. The van der Waals surface area contributed by atoms with E-state index in [-0.39, 0.29) is 0 Å². The number of ether oxygens (including phenoxy) is 2. The fraction of sp³-hybridized carbons (Fsp3) is 1.00. The summed E-state index contributed by atoms with van der Waals surface area (Å²) in [7, 11) is 0. The van der Waals surface area contributed by atoms with Gasteiger partial charge < -0.3 is 19.5 Å². The van der Waals surface area contributed by atoms with E-state index in [4.69, 9.17) is 14.6 Å². The Morgan fingerprint density at radius 2 is 1.12 bits per heavy atom. The molecule has 148 valence electrons. The summed E-state index contributed by atoms with van der Waals surface area (Å²) in [6.07, 6.45) is 5.82. The molecule has 6 heteroatoms. The number of hydrogen-bond acceptors (Lipinski definition) is 6. The second-order valence-electron chi connectivity index (χ2n) is 7.24. The highest BCUT2D eigenvalue weighted by Gasteiger charge is 2.12. The van der Waals surface area contributed by atoms with Gasteiger partial charge in [-0.25, -0.2) is 0 Å². The zero-order valence-corrected chi connectivity index (χ0v) is 16.0. The van der Waals surface area contributed by atoms with Crippen molar-refractivity contribution in [3.8, 4) is 0 Å². The molecule has 25 heavy (non-hydrogen) atoms. The Labute approximate surface area is 154 Å². The second-order valence-corrected chi connectivity index (χ2v) is 7.24. The lowest BCUT2D eigenvalue weighted by molar-refractivity contribution is 0.0352. The van der Waals surface area contributed by atoms with Crippen LogP contribution in [0, 0.1) is 0 Å². The van der Waals surface area contributed by atoms with Crippen molar-refractivity contribution >= 4 is 0 Å². The maximum Gasteiger partial charge on any atom is 0.0594 e. The van der Waals surface area contributed by atoms with Crippen LogP contribution in [0.15, 0.2) is 0 Å². The molecule has 0 aliphatic carbocycles. The third-order valence-corrected chi connectivity index (χ3v) is 5.24. The van der Waals surface area contributed by atoms with Gasteiger partial charge >= 0.3 is 0 Å². The van der Waals surface area contributed by atoms with E-state index in [1.807, 2.05) is 0 Å². The first-order valence-corrected chi connectivity index (χ1v) is 10.3. The number of nitrogens with zero attached hydrogens (tertiary/aromatic N) is 3. The second kappa shape index (κ2) is 13.9. The molecule has 0 saturated carbocycles. The summed E-state index contributed by atoms with van der Waals surface area (Å²) >= 11 is 0. The lowest BCUT2D eigenvalue weighted by atomic mass is 10.2. The van der Waals surface area contributed by atoms with Gasteiger partial charge in [0.25, 0.3) is 0 Å². The summed E-state index contributed by atoms with van der Waals surface area (Å²) < 4.78 is 10.8. The molecule has 2 saturated heterocycles. The monoisotopic (exact) mass is 357 g/mol. The molecule has 6 nitrogen and oxygen atoms in total. The summed E-state index contributed by atoms with van der Waals surface area (Å²) in [6.45, 7) is 14.2. The van der Waals surface area contributed by atoms with Gasteiger partial charge in [0.1, 0.15) is 0 Å². The molecule has 0 spiro atoms. The van der Waals surface area contributed by atoms with Gasteiger partial charge in [0.15, 0.2) is 0 Å². The minimum Gasteiger partial charge on any atom is -0.396 e. The van der Waals surface area contributed by atoms with Gasteiger partial charge in [-0.1, -0.05) is 0 Å². The summed E-state index contributed by atoms with van der Waals surface area (Å²) in [4.78, 5) is 7.65. The SMILES string of the molecule is OCCCCN(CCCCN1CCOCC1)CCCN1CCOCC1. The van der Waals surface area contributed by atoms with Gasteiger partial charge in [-0.15, -0.1) is 0 Å². The van der Waals surface area contributed by atoms with Gasteiger partial charge in [0, 0.05) is 32.8 Å². The van der Waals surface area contributed by atoms with Crippen molar-refractivity contribution in [1.82, 2.24) is 14.7 Å². The average molecular weight is 358 g/mol. The topological polar surface area (TPSA) is 48.4 Å². The third kappa shape index (κ3) is 9.87. The van der Waals surface area contributed by atoms with Crippen LogP contribution in [0.4, 0.5) is 0 Å². The molecule has 0 aromatic rings. The predicted molar refractivity (Wildman–Crippen MR) is 101 cm³/mol. The normalized spacial score (nSPS) is 20.4. The van der Waals surface area contributed by atoms with Crippen LogP contribution in [0.2, 0.25) is 0 Å². The summed E-state index contributed by atoms with van der Waals surface area (Å²) in [5.41, 5.74) is 0. The van der Waals surface area contributed by atoms with Crippen LogP contribution < -0.4 is 0 Å². The molecule has 2 heterocycles. The van der Waals surface area contributed by atoms with E-state index in [1.165, 1.54) is 45.4 Å². The Bertz CT molecular complexity index is 308. The van der Waals surface area contributed by atoms with Crippen LogP contribution >= 0.6 is 0 Å². The van der Waals surface area contributed by atoms with E-state index in [0.717, 1.165) is 72.0 Å². The molecule has 0 unspecified atom stereocenters. The Morgan fingerprint density at radius 3 is 1.68 bits per heavy atom. The maximum absolute atomic E-state index is 9.03. The van der Waals surface area contributed by atoms with E-state index in [0.29, 0.717) is 6.61 Å². The zero-order chi connectivity index (χ0) is 17.6. The number of aliphatic hydroxyl groups excluding tert-OH is 1. The first-order chi connectivity index (χ1) is 12.4. The molecule has 0 bridgehead atoms. The molecule has 0 aromatic heterocycles. The summed E-state index contributed by atoms with van der Waals surface area (Å²) in [6, 6.07) is 0. The molecule has 0 atom stereocenters. The quantitative estimate of drug-likeness (QED) is 0.494. The van der Waals surface area contributed by atoms with E-state index in [2.05, 4.69) is 14.7 Å². The van der Waals surface area contributed by atoms with Gasteiger partial charge in [0.05, 0.1) is 26.4 Å². The summed E-state index contributed by atoms with van der Waals surface area (Å²) in [5.74, 6) is 0. The Kier molecular flexibility index (Phi) is 11.7. The van der Waals surface area contributed by atoms with Gasteiger partial charge in [0.2, 0.25) is 0 Å². The first-order valence-electron chi connectivity index (χ1n) is 10.3. The van der Waals surface area contributed by atoms with Crippen molar-refractivity contribution in [2.75, 3.05) is 91.9 Å². The van der Waals surface area contributed by atoms with Crippen LogP contribution in [0.5, 0.6) is 0 Å². The van der Waals surface area contributed by atoms with Crippen molar-refractivity contribution in [2.24, 2.45) is 0 Å². The molecule has 2 fully saturated rings. The fourth-order valence-corrected chi connectivity index (χ4v) is 3.62. The highest BCUT2D eigenvalue weighted by Crippen LogP contribution is 2.05. The molecular weight excluding hydrogens is 318 g/mol. The van der Waals surface area contributed by atoms with E-state index in [9.17, 15) is 0 Å². The highest BCUT2D eigenvalue weighted by molar-refractivity contribution is 4.66. The van der Waals surface area contributed by atoms with Crippen LogP contribution in [0.25, 0.3) is 0 Å². The van der Waals surface area contributed by atoms with Crippen LogP contribution in [-0.4, -0.2) is 112 Å². The summed E-state index contributed by atoms with van der Waals surface area (Å²) in [5, 5.41) is 9.03. The predicted octanol–water partition coefficient (Wildman–Crippen LogP) is 0.896. The number of aliphatic hydroxyl groups is 1. The Morgan fingerprint density at radius 1 is 0.640 bits per heavy atom. The standard InChI is InChI=1S/C19H39N3O3/c23-15-4-3-8-20(9-5-10-22-13-18-25-19-14-22)6-1-2-7-21-11-16-24-17-12-21/h23H,1-19H2. The molecule has 2 rings (SSSR count). The van der Waals surface area contributed by atoms with Crippen molar-refractivity contribution < 1.29 is 14.6 Å². The largest absolute Gasteiger partial charge is 0.396 e. The average Bonchev–Trinajstić information content (AvgIpc) is 2.66. The van der Waals surface area contributed by atoms with Crippen molar-refractivity contribution in [3.63, 3.8) is 0 Å². The lowest BCUT2D eigenvalue weighted by Crippen LogP contribution is -2.38. The minimum absolute atomic E-state index is 0.318. The molecular formula is C19H39N3O3.